The first-order valence-electron chi connectivity index (χ1n) is 8.81. The molecule has 2 rings (SSSR count). The van der Waals surface area contributed by atoms with Crippen molar-refractivity contribution in [3.05, 3.63) is 53.6 Å². The van der Waals surface area contributed by atoms with Gasteiger partial charge in [-0.25, -0.2) is 5.43 Å². The van der Waals surface area contributed by atoms with E-state index in [4.69, 9.17) is 14.2 Å². The number of nitrogens with zero attached hydrogens (tertiary/aromatic N) is 1. The van der Waals surface area contributed by atoms with Crippen molar-refractivity contribution in [1.29, 1.82) is 0 Å². The lowest BCUT2D eigenvalue weighted by Gasteiger charge is -2.09. The first-order valence-corrected chi connectivity index (χ1v) is 8.81. The summed E-state index contributed by atoms with van der Waals surface area (Å²) in [4.78, 5) is 23.2. The summed E-state index contributed by atoms with van der Waals surface area (Å²) in [6, 6.07) is 11.8. The van der Waals surface area contributed by atoms with Crippen molar-refractivity contribution in [3.8, 4) is 17.2 Å². The van der Waals surface area contributed by atoms with Gasteiger partial charge in [0, 0.05) is 12.5 Å². The van der Waals surface area contributed by atoms with Crippen molar-refractivity contribution < 1.29 is 23.8 Å². The van der Waals surface area contributed by atoms with Crippen LogP contribution >= 0.6 is 0 Å². The molecule has 28 heavy (non-hydrogen) atoms. The summed E-state index contributed by atoms with van der Waals surface area (Å²) in [5.41, 5.74) is 3.61. The number of hydrazone groups is 1. The Balaban J connectivity index is 1.96. The van der Waals surface area contributed by atoms with Crippen LogP contribution in [0.2, 0.25) is 0 Å². The maximum Gasteiger partial charge on any atom is 0.308 e. The Morgan fingerprint density at radius 3 is 2.43 bits per heavy atom. The second kappa shape index (κ2) is 10.1. The molecule has 0 spiro atoms. The van der Waals surface area contributed by atoms with Crippen molar-refractivity contribution >= 4 is 18.1 Å². The molecule has 0 aliphatic carbocycles. The number of hydrogen-bond donors (Lipinski definition) is 1. The highest BCUT2D eigenvalue weighted by atomic mass is 16.6. The molecule has 7 heteroatoms. The van der Waals surface area contributed by atoms with Gasteiger partial charge in [-0.3, -0.25) is 9.59 Å². The highest BCUT2D eigenvalue weighted by Crippen LogP contribution is 2.27. The summed E-state index contributed by atoms with van der Waals surface area (Å²) in [6.45, 7) is 6.07. The molecule has 0 heterocycles. The number of methoxy groups -OCH3 is 1. The molecule has 0 saturated carbocycles. The van der Waals surface area contributed by atoms with Crippen LogP contribution in [0.3, 0.4) is 0 Å². The molecule has 0 radical (unpaired) electrons. The number of rotatable bonds is 8. The lowest BCUT2D eigenvalue weighted by molar-refractivity contribution is -0.132. The average Bonchev–Trinajstić information content (AvgIpc) is 2.67. The van der Waals surface area contributed by atoms with Crippen molar-refractivity contribution in [1.82, 2.24) is 5.43 Å². The van der Waals surface area contributed by atoms with E-state index in [-0.39, 0.29) is 5.91 Å². The summed E-state index contributed by atoms with van der Waals surface area (Å²) < 4.78 is 15.8. The zero-order valence-corrected chi connectivity index (χ0v) is 16.4. The third kappa shape index (κ3) is 6.42. The predicted octanol–water partition coefficient (Wildman–Crippen LogP) is 3.42. The van der Waals surface area contributed by atoms with Crippen LogP contribution in [0.4, 0.5) is 0 Å². The van der Waals surface area contributed by atoms with Gasteiger partial charge in [-0.1, -0.05) is 13.8 Å². The molecule has 2 aromatic carbocycles. The fraction of sp³-hybridized carbons (Fsp3) is 0.286. The molecule has 2 aromatic rings. The van der Waals surface area contributed by atoms with Gasteiger partial charge in [0.2, 0.25) is 0 Å². The van der Waals surface area contributed by atoms with Crippen LogP contribution < -0.4 is 19.6 Å². The standard InChI is InChI=1S/C21H24N2O5/c1-14(2)13-27-18-8-6-17(7-9-18)21(25)23-22-12-16-5-10-19(28-15(3)24)20(11-16)26-4/h5-12,14H,13H2,1-4H3,(H,23,25)/b22-12+. The largest absolute Gasteiger partial charge is 0.493 e. The smallest absolute Gasteiger partial charge is 0.308 e. The maximum absolute atomic E-state index is 12.2. The number of carbonyl (C=O) groups is 2. The minimum absolute atomic E-state index is 0.316. The van der Waals surface area contributed by atoms with Crippen LogP contribution in [0.15, 0.2) is 47.6 Å². The van der Waals surface area contributed by atoms with Gasteiger partial charge < -0.3 is 14.2 Å². The van der Waals surface area contributed by atoms with Gasteiger partial charge in [0.1, 0.15) is 5.75 Å². The normalized spacial score (nSPS) is 10.8. The third-order valence-electron chi connectivity index (χ3n) is 3.52. The molecule has 0 saturated heterocycles. The first kappa shape index (κ1) is 21.0. The number of benzene rings is 2. The fourth-order valence-electron chi connectivity index (χ4n) is 2.20. The SMILES string of the molecule is COc1cc(/C=N/NC(=O)c2ccc(OCC(C)C)cc2)ccc1OC(C)=O. The Labute approximate surface area is 164 Å². The van der Waals surface area contributed by atoms with E-state index in [1.807, 2.05) is 0 Å². The molecule has 0 aromatic heterocycles. The first-order chi connectivity index (χ1) is 13.4. The summed E-state index contributed by atoms with van der Waals surface area (Å²) in [5, 5.41) is 3.95. The number of amides is 1. The average molecular weight is 384 g/mol. The lowest BCUT2D eigenvalue weighted by atomic mass is 10.2. The second-order valence-corrected chi connectivity index (χ2v) is 6.43. The topological polar surface area (TPSA) is 86.2 Å². The zero-order chi connectivity index (χ0) is 20.5. The molecule has 0 aliphatic heterocycles. The van der Waals surface area contributed by atoms with Crippen molar-refractivity contribution in [2.24, 2.45) is 11.0 Å². The Bertz CT molecular complexity index is 844. The van der Waals surface area contributed by atoms with Crippen LogP contribution in [0, 0.1) is 5.92 Å². The van der Waals surface area contributed by atoms with Gasteiger partial charge in [0.25, 0.3) is 5.91 Å². The van der Waals surface area contributed by atoms with Crippen LogP contribution in [0.5, 0.6) is 17.2 Å². The summed E-state index contributed by atoms with van der Waals surface area (Å²) in [7, 11) is 1.47. The van der Waals surface area contributed by atoms with E-state index < -0.39 is 5.97 Å². The molecule has 1 amide bonds. The van der Waals surface area contributed by atoms with E-state index in [0.29, 0.717) is 40.9 Å². The number of carbonyl (C=O) groups excluding carboxylic acids is 2. The minimum Gasteiger partial charge on any atom is -0.493 e. The van der Waals surface area contributed by atoms with E-state index in [9.17, 15) is 9.59 Å². The highest BCUT2D eigenvalue weighted by Gasteiger charge is 2.08. The minimum atomic E-state index is -0.437. The molecule has 0 atom stereocenters. The van der Waals surface area contributed by atoms with E-state index >= 15 is 0 Å². The monoisotopic (exact) mass is 384 g/mol. The Morgan fingerprint density at radius 1 is 1.11 bits per heavy atom. The van der Waals surface area contributed by atoms with E-state index in [0.717, 1.165) is 0 Å². The molecule has 148 valence electrons. The quantitative estimate of drug-likeness (QED) is 0.326. The second-order valence-electron chi connectivity index (χ2n) is 6.43. The Hall–Kier alpha value is -3.35. The van der Waals surface area contributed by atoms with Crippen molar-refractivity contribution in [2.45, 2.75) is 20.8 Å². The summed E-state index contributed by atoms with van der Waals surface area (Å²) in [6.07, 6.45) is 1.47. The predicted molar refractivity (Wildman–Crippen MR) is 106 cm³/mol. The molecular weight excluding hydrogens is 360 g/mol. The summed E-state index contributed by atoms with van der Waals surface area (Å²) >= 11 is 0. The van der Waals surface area contributed by atoms with Crippen molar-refractivity contribution in [3.63, 3.8) is 0 Å². The highest BCUT2D eigenvalue weighted by molar-refractivity contribution is 5.95. The number of hydrogen-bond acceptors (Lipinski definition) is 6. The molecule has 0 bridgehead atoms. The van der Waals surface area contributed by atoms with Crippen LogP contribution in [-0.2, 0) is 4.79 Å². The van der Waals surface area contributed by atoms with Crippen LogP contribution in [0.25, 0.3) is 0 Å². The number of esters is 1. The van der Waals surface area contributed by atoms with E-state index in [2.05, 4.69) is 24.4 Å². The Morgan fingerprint density at radius 2 is 1.82 bits per heavy atom. The number of ether oxygens (including phenoxy) is 3. The van der Waals surface area contributed by atoms with Gasteiger partial charge in [0.05, 0.1) is 19.9 Å². The third-order valence-corrected chi connectivity index (χ3v) is 3.52. The maximum atomic E-state index is 12.2. The van der Waals surface area contributed by atoms with Crippen LogP contribution in [0.1, 0.15) is 36.7 Å². The van der Waals surface area contributed by atoms with Gasteiger partial charge >= 0.3 is 5.97 Å². The zero-order valence-electron chi connectivity index (χ0n) is 16.4. The fourth-order valence-corrected chi connectivity index (χ4v) is 2.20. The molecule has 0 fully saturated rings. The molecular formula is C21H24N2O5. The molecule has 0 unspecified atom stereocenters. The van der Waals surface area contributed by atoms with Crippen molar-refractivity contribution in [2.75, 3.05) is 13.7 Å². The molecule has 7 nitrogen and oxygen atoms in total. The van der Waals surface area contributed by atoms with Gasteiger partial charge in [-0.2, -0.15) is 5.10 Å². The van der Waals surface area contributed by atoms with E-state index in [1.54, 1.807) is 42.5 Å². The van der Waals surface area contributed by atoms with Crippen LogP contribution in [-0.4, -0.2) is 31.8 Å². The number of nitrogens with one attached hydrogen (secondary N) is 1. The molecule has 1 N–H and O–H groups in total. The Kier molecular flexibility index (Phi) is 7.56. The van der Waals surface area contributed by atoms with E-state index in [1.165, 1.54) is 20.2 Å². The lowest BCUT2D eigenvalue weighted by Crippen LogP contribution is -2.17. The molecule has 0 aliphatic rings. The van der Waals surface area contributed by atoms with Gasteiger partial charge in [-0.15, -0.1) is 0 Å². The van der Waals surface area contributed by atoms with Gasteiger partial charge in [-0.05, 0) is 53.9 Å². The van der Waals surface area contributed by atoms with Gasteiger partial charge in [0.15, 0.2) is 11.5 Å². The summed E-state index contributed by atoms with van der Waals surface area (Å²) in [5.74, 6) is 1.08.